The molecule has 1 aromatic heterocycles. The van der Waals surface area contributed by atoms with Crippen molar-refractivity contribution in [2.45, 2.75) is 62.8 Å². The fraction of sp³-hybridized carbons (Fsp3) is 0.679. The number of amides is 1. The molecule has 3 heterocycles. The van der Waals surface area contributed by atoms with Crippen molar-refractivity contribution in [3.8, 4) is 5.75 Å². The molecule has 2 saturated carbocycles. The van der Waals surface area contributed by atoms with E-state index in [-0.39, 0.29) is 29.9 Å². The molecule has 184 valence electrons. The topological polar surface area (TPSA) is 57.9 Å². The first-order chi connectivity index (χ1) is 16.5. The number of carbonyl (C=O) groups excluding carboxylic acids is 1. The second-order valence-corrected chi connectivity index (χ2v) is 11.4. The highest BCUT2D eigenvalue weighted by Crippen LogP contribution is 2.51. The van der Waals surface area contributed by atoms with Gasteiger partial charge in [-0.3, -0.25) is 4.79 Å². The third kappa shape index (κ3) is 3.56. The van der Waals surface area contributed by atoms with Crippen LogP contribution < -0.4 is 4.74 Å². The molecule has 1 atom stereocenters. The Morgan fingerprint density at radius 2 is 1.88 bits per heavy atom. The minimum Gasteiger partial charge on any atom is -0.497 e. The van der Waals surface area contributed by atoms with Gasteiger partial charge in [0.15, 0.2) is 0 Å². The minimum atomic E-state index is -0.270. The summed E-state index contributed by atoms with van der Waals surface area (Å²) >= 11 is 0. The van der Waals surface area contributed by atoms with E-state index < -0.39 is 0 Å². The maximum Gasteiger partial charge on any atom is 0.226 e. The molecule has 6 nitrogen and oxygen atoms in total. The molecule has 2 aliphatic carbocycles. The highest BCUT2D eigenvalue weighted by molar-refractivity contribution is 5.90. The van der Waals surface area contributed by atoms with Gasteiger partial charge in [-0.25, -0.2) is 0 Å². The van der Waals surface area contributed by atoms with E-state index in [0.29, 0.717) is 0 Å². The van der Waals surface area contributed by atoms with E-state index in [1.54, 1.807) is 7.11 Å². The molecule has 2 aromatic rings. The average molecular weight is 466 g/mol. The van der Waals surface area contributed by atoms with Gasteiger partial charge >= 0.3 is 0 Å². The van der Waals surface area contributed by atoms with Gasteiger partial charge in [-0.15, -0.1) is 0 Å². The van der Waals surface area contributed by atoms with E-state index >= 15 is 0 Å². The smallest absolute Gasteiger partial charge is 0.226 e. The number of aryl methyl sites for hydroxylation is 1. The largest absolute Gasteiger partial charge is 0.497 e. The second kappa shape index (κ2) is 8.56. The fourth-order valence-electron chi connectivity index (χ4n) is 7.28. The van der Waals surface area contributed by atoms with Crippen molar-refractivity contribution < 1.29 is 14.6 Å². The summed E-state index contributed by atoms with van der Waals surface area (Å²) in [6.45, 7) is 4.13. The molecule has 4 aliphatic rings. The Bertz CT molecular complexity index is 1070. The monoisotopic (exact) mass is 465 g/mol. The number of methoxy groups -OCH3 is 1. The quantitative estimate of drug-likeness (QED) is 0.725. The van der Waals surface area contributed by atoms with E-state index in [0.717, 1.165) is 68.2 Å². The molecule has 6 heteroatoms. The molecule has 3 fully saturated rings. The van der Waals surface area contributed by atoms with Gasteiger partial charge in [-0.2, -0.15) is 0 Å². The molecule has 34 heavy (non-hydrogen) atoms. The summed E-state index contributed by atoms with van der Waals surface area (Å²) in [6, 6.07) is 6.10. The van der Waals surface area contributed by atoms with Gasteiger partial charge in [-0.1, -0.05) is 12.8 Å². The van der Waals surface area contributed by atoms with E-state index in [2.05, 4.69) is 39.6 Å². The average Bonchev–Trinajstić information content (AvgIpc) is 3.51. The lowest BCUT2D eigenvalue weighted by molar-refractivity contribution is -0.138. The van der Waals surface area contributed by atoms with Gasteiger partial charge in [0.2, 0.25) is 5.91 Å². The van der Waals surface area contributed by atoms with Crippen LogP contribution in [0.2, 0.25) is 0 Å². The number of benzene rings is 1. The Morgan fingerprint density at radius 3 is 2.53 bits per heavy atom. The standard InChI is InChI=1S/C28H39N3O3/c1-29-23-15-21(34-2)9-10-22(23)25-26(29)24(17-32)31(27(33)20-7-8-20)18-28(25)11-13-30(14-12-28)16-19-5-3-4-6-19/h9-10,15,19-20,24,32H,3-8,11-14,16-18H2,1-2H3/t24-/m0/s1. The van der Waals surface area contributed by atoms with E-state index in [9.17, 15) is 9.90 Å². The van der Waals surface area contributed by atoms with E-state index in [1.165, 1.54) is 43.2 Å². The second-order valence-electron chi connectivity index (χ2n) is 11.4. The molecular formula is C28H39N3O3. The van der Waals surface area contributed by atoms with Crippen molar-refractivity contribution >= 4 is 16.8 Å². The maximum absolute atomic E-state index is 13.5. The zero-order chi connectivity index (χ0) is 23.4. The third-order valence-electron chi connectivity index (χ3n) is 9.34. The highest BCUT2D eigenvalue weighted by atomic mass is 16.5. The Labute approximate surface area is 202 Å². The van der Waals surface area contributed by atoms with Gasteiger partial charge in [0, 0.05) is 48.6 Å². The lowest BCUT2D eigenvalue weighted by Crippen LogP contribution is -2.56. The number of nitrogens with zero attached hydrogens (tertiary/aromatic N) is 3. The maximum atomic E-state index is 13.5. The molecule has 1 aromatic carbocycles. The number of likely N-dealkylation sites (tertiary alicyclic amines) is 1. The lowest BCUT2D eigenvalue weighted by Gasteiger charge is -2.51. The van der Waals surface area contributed by atoms with Crippen molar-refractivity contribution in [1.29, 1.82) is 0 Å². The molecule has 0 unspecified atom stereocenters. The molecule has 0 bridgehead atoms. The van der Waals surface area contributed by atoms with Crippen LogP contribution in [0.25, 0.3) is 10.9 Å². The van der Waals surface area contributed by atoms with Crippen LogP contribution in [0.4, 0.5) is 0 Å². The first-order valence-corrected chi connectivity index (χ1v) is 13.3. The first kappa shape index (κ1) is 22.4. The van der Waals surface area contributed by atoms with Crippen LogP contribution in [0.1, 0.15) is 68.7 Å². The zero-order valence-electron chi connectivity index (χ0n) is 20.8. The molecular weight excluding hydrogens is 426 g/mol. The van der Waals surface area contributed by atoms with Gasteiger partial charge in [0.05, 0.1) is 25.3 Å². The number of rotatable bonds is 5. The molecule has 6 rings (SSSR count). The highest BCUT2D eigenvalue weighted by Gasteiger charge is 2.51. The summed E-state index contributed by atoms with van der Waals surface area (Å²) in [5, 5.41) is 11.8. The molecule has 1 N–H and O–H groups in total. The first-order valence-electron chi connectivity index (χ1n) is 13.3. The van der Waals surface area contributed by atoms with Crippen molar-refractivity contribution in [1.82, 2.24) is 14.4 Å². The number of hydrogen-bond donors (Lipinski definition) is 1. The van der Waals surface area contributed by atoms with Crippen LogP contribution in [0.15, 0.2) is 18.2 Å². The summed E-state index contributed by atoms with van der Waals surface area (Å²) in [5.41, 5.74) is 3.60. The number of fused-ring (bicyclic) bond motifs is 4. The van der Waals surface area contributed by atoms with E-state index in [4.69, 9.17) is 4.74 Å². The number of carbonyl (C=O) groups is 1. The van der Waals surface area contributed by atoms with Gasteiger partial charge < -0.3 is 24.2 Å². The number of hydrogen-bond acceptors (Lipinski definition) is 4. The molecule has 1 saturated heterocycles. The Hall–Kier alpha value is -2.05. The van der Waals surface area contributed by atoms with Crippen LogP contribution in [0.3, 0.4) is 0 Å². The number of ether oxygens (including phenoxy) is 1. The van der Waals surface area contributed by atoms with Gasteiger partial charge in [0.1, 0.15) is 5.75 Å². The van der Waals surface area contributed by atoms with Crippen molar-refractivity contribution in [3.05, 3.63) is 29.5 Å². The predicted molar refractivity (Wildman–Crippen MR) is 133 cm³/mol. The van der Waals surface area contributed by atoms with Crippen molar-refractivity contribution in [2.75, 3.05) is 39.9 Å². The van der Waals surface area contributed by atoms with Crippen LogP contribution in [0, 0.1) is 11.8 Å². The van der Waals surface area contributed by atoms with Crippen molar-refractivity contribution in [3.63, 3.8) is 0 Å². The zero-order valence-corrected chi connectivity index (χ0v) is 20.8. The molecule has 1 spiro atoms. The van der Waals surface area contributed by atoms with E-state index in [1.807, 2.05) is 0 Å². The Kier molecular flexibility index (Phi) is 5.64. The Balaban J connectivity index is 1.41. The number of aliphatic hydroxyl groups excluding tert-OH is 1. The van der Waals surface area contributed by atoms with Crippen LogP contribution in [-0.4, -0.2) is 65.3 Å². The predicted octanol–water partition coefficient (Wildman–Crippen LogP) is 4.00. The van der Waals surface area contributed by atoms with Crippen molar-refractivity contribution in [2.24, 2.45) is 18.9 Å². The minimum absolute atomic E-state index is 0.0311. The third-order valence-corrected chi connectivity index (χ3v) is 9.34. The normalized spacial score (nSPS) is 25.3. The summed E-state index contributed by atoms with van der Waals surface area (Å²) in [4.78, 5) is 18.2. The molecule has 0 radical (unpaired) electrons. The van der Waals surface area contributed by atoms with Crippen LogP contribution in [0.5, 0.6) is 5.75 Å². The van der Waals surface area contributed by atoms with Crippen LogP contribution >= 0.6 is 0 Å². The number of piperidine rings is 1. The molecule has 1 amide bonds. The fourth-order valence-corrected chi connectivity index (χ4v) is 7.28. The SMILES string of the molecule is COc1ccc2c3c(n(C)c2c1)[C@H](CO)N(C(=O)C1CC1)CC31CCN(CC2CCCC2)CC1. The Morgan fingerprint density at radius 1 is 1.15 bits per heavy atom. The summed E-state index contributed by atoms with van der Waals surface area (Å²) in [7, 11) is 3.80. The summed E-state index contributed by atoms with van der Waals surface area (Å²) < 4.78 is 7.77. The summed E-state index contributed by atoms with van der Waals surface area (Å²) in [5.74, 6) is 2.12. The number of aromatic nitrogens is 1. The van der Waals surface area contributed by atoms with Gasteiger partial charge in [0.25, 0.3) is 0 Å². The van der Waals surface area contributed by atoms with Gasteiger partial charge in [-0.05, 0) is 75.2 Å². The molecule has 2 aliphatic heterocycles. The summed E-state index contributed by atoms with van der Waals surface area (Å²) in [6.07, 6.45) is 9.70. The lowest BCUT2D eigenvalue weighted by atomic mass is 9.68. The van der Waals surface area contributed by atoms with Crippen LogP contribution in [-0.2, 0) is 17.3 Å². The number of aliphatic hydroxyl groups is 1.